The van der Waals surface area contributed by atoms with Crippen molar-refractivity contribution < 1.29 is 18.8 Å². The van der Waals surface area contributed by atoms with Gasteiger partial charge in [-0.25, -0.2) is 4.39 Å². The van der Waals surface area contributed by atoms with Gasteiger partial charge in [-0.15, -0.1) is 0 Å². The van der Waals surface area contributed by atoms with Crippen LogP contribution in [0.2, 0.25) is 0 Å². The zero-order chi connectivity index (χ0) is 12.3. The average Bonchev–Trinajstić information content (AvgIpc) is 2.80. The van der Waals surface area contributed by atoms with Gasteiger partial charge in [-0.2, -0.15) is 0 Å². The lowest BCUT2D eigenvalue weighted by Gasteiger charge is -2.11. The Labute approximate surface area is 97.3 Å². The van der Waals surface area contributed by atoms with Crippen molar-refractivity contribution in [3.8, 4) is 5.75 Å². The molecular weight excluding hydrogens is 229 g/mol. The first-order valence-electron chi connectivity index (χ1n) is 5.35. The van der Waals surface area contributed by atoms with Crippen LogP contribution in [0.4, 0.5) is 10.1 Å². The van der Waals surface area contributed by atoms with Crippen LogP contribution in [0.15, 0.2) is 18.2 Å². The van der Waals surface area contributed by atoms with E-state index >= 15 is 0 Å². The number of halogens is 1. The van der Waals surface area contributed by atoms with Crippen LogP contribution in [0.1, 0.15) is 12.8 Å². The van der Waals surface area contributed by atoms with Crippen LogP contribution in [0.3, 0.4) is 0 Å². The third-order valence-electron chi connectivity index (χ3n) is 2.58. The minimum Gasteiger partial charge on any atom is -0.488 e. The Morgan fingerprint density at radius 3 is 3.00 bits per heavy atom. The number of ether oxygens (including phenoxy) is 2. The highest BCUT2D eigenvalue weighted by Gasteiger charge is 2.17. The predicted octanol–water partition coefficient (Wildman–Crippen LogP) is 2.29. The first-order chi connectivity index (χ1) is 8.16. The SMILES string of the molecule is O=[N+]([O-])c1ccc(OCC2CCCO2)c(F)c1. The van der Waals surface area contributed by atoms with Crippen molar-refractivity contribution in [3.05, 3.63) is 34.1 Å². The Hall–Kier alpha value is -1.69. The van der Waals surface area contributed by atoms with Crippen molar-refractivity contribution >= 4 is 5.69 Å². The van der Waals surface area contributed by atoms with E-state index in [4.69, 9.17) is 9.47 Å². The Kier molecular flexibility index (Phi) is 3.53. The summed E-state index contributed by atoms with van der Waals surface area (Å²) in [4.78, 5) is 9.76. The first-order valence-corrected chi connectivity index (χ1v) is 5.35. The van der Waals surface area contributed by atoms with E-state index in [1.165, 1.54) is 12.1 Å². The van der Waals surface area contributed by atoms with Crippen LogP contribution >= 0.6 is 0 Å². The fraction of sp³-hybridized carbons (Fsp3) is 0.455. The van der Waals surface area contributed by atoms with Gasteiger partial charge in [0.15, 0.2) is 11.6 Å². The maximum atomic E-state index is 13.4. The number of non-ortho nitro benzene ring substituents is 1. The van der Waals surface area contributed by atoms with E-state index in [1.807, 2.05) is 0 Å². The summed E-state index contributed by atoms with van der Waals surface area (Å²) < 4.78 is 24.0. The molecule has 0 aromatic heterocycles. The highest BCUT2D eigenvalue weighted by Crippen LogP contribution is 2.23. The number of rotatable bonds is 4. The van der Waals surface area contributed by atoms with E-state index in [9.17, 15) is 14.5 Å². The maximum absolute atomic E-state index is 13.4. The third-order valence-corrected chi connectivity index (χ3v) is 2.58. The van der Waals surface area contributed by atoms with Crippen LogP contribution in [0.25, 0.3) is 0 Å². The molecule has 1 saturated heterocycles. The van der Waals surface area contributed by atoms with E-state index in [-0.39, 0.29) is 24.1 Å². The van der Waals surface area contributed by atoms with Gasteiger partial charge >= 0.3 is 0 Å². The van der Waals surface area contributed by atoms with Crippen molar-refractivity contribution in [2.75, 3.05) is 13.2 Å². The molecular formula is C11H12FNO4. The summed E-state index contributed by atoms with van der Waals surface area (Å²) in [5.74, 6) is -0.705. The lowest BCUT2D eigenvalue weighted by molar-refractivity contribution is -0.385. The molecule has 1 unspecified atom stereocenters. The van der Waals surface area contributed by atoms with Crippen LogP contribution in [0, 0.1) is 15.9 Å². The fourth-order valence-electron chi connectivity index (χ4n) is 1.68. The molecule has 5 nitrogen and oxygen atoms in total. The highest BCUT2D eigenvalue weighted by atomic mass is 19.1. The van der Waals surface area contributed by atoms with Crippen molar-refractivity contribution in [2.45, 2.75) is 18.9 Å². The number of nitro benzene ring substituents is 1. The Bertz CT molecular complexity index is 418. The van der Waals surface area contributed by atoms with Crippen LogP contribution in [-0.4, -0.2) is 24.2 Å². The minimum absolute atomic E-state index is 0.00964. The van der Waals surface area contributed by atoms with Gasteiger partial charge in [-0.05, 0) is 18.9 Å². The van der Waals surface area contributed by atoms with Crippen LogP contribution in [-0.2, 0) is 4.74 Å². The quantitative estimate of drug-likeness (QED) is 0.599. The zero-order valence-corrected chi connectivity index (χ0v) is 9.10. The second-order valence-corrected chi connectivity index (χ2v) is 3.82. The number of benzene rings is 1. The summed E-state index contributed by atoms with van der Waals surface area (Å²) in [5, 5.41) is 10.4. The van der Waals surface area contributed by atoms with Gasteiger partial charge in [-0.3, -0.25) is 10.1 Å². The number of hydrogen-bond acceptors (Lipinski definition) is 4. The molecule has 1 atom stereocenters. The number of nitro groups is 1. The van der Waals surface area contributed by atoms with Crippen molar-refractivity contribution in [1.82, 2.24) is 0 Å². The summed E-state index contributed by atoms with van der Waals surface area (Å²) in [6, 6.07) is 3.33. The van der Waals surface area contributed by atoms with Gasteiger partial charge in [-0.1, -0.05) is 0 Å². The molecule has 1 aromatic carbocycles. The highest BCUT2D eigenvalue weighted by molar-refractivity contribution is 5.37. The van der Waals surface area contributed by atoms with Gasteiger partial charge in [0.2, 0.25) is 0 Å². The average molecular weight is 241 g/mol. The van der Waals surface area contributed by atoms with Gasteiger partial charge < -0.3 is 9.47 Å². The molecule has 0 saturated carbocycles. The Balaban J connectivity index is 1.98. The molecule has 1 fully saturated rings. The summed E-state index contributed by atoms with van der Waals surface area (Å²) in [7, 11) is 0. The summed E-state index contributed by atoms with van der Waals surface area (Å²) in [6.45, 7) is 0.978. The molecule has 1 aliphatic rings. The van der Waals surface area contributed by atoms with Crippen molar-refractivity contribution in [3.63, 3.8) is 0 Å². The van der Waals surface area contributed by atoms with E-state index < -0.39 is 10.7 Å². The van der Waals surface area contributed by atoms with E-state index in [0.29, 0.717) is 6.61 Å². The molecule has 1 aliphatic heterocycles. The molecule has 0 aliphatic carbocycles. The minimum atomic E-state index is -0.725. The monoisotopic (exact) mass is 241 g/mol. The largest absolute Gasteiger partial charge is 0.488 e. The molecule has 1 aromatic rings. The second-order valence-electron chi connectivity index (χ2n) is 3.82. The normalized spacial score (nSPS) is 19.2. The van der Waals surface area contributed by atoms with E-state index in [0.717, 1.165) is 18.9 Å². The molecule has 1 heterocycles. The van der Waals surface area contributed by atoms with Gasteiger partial charge in [0.05, 0.1) is 17.1 Å². The summed E-state index contributed by atoms with van der Waals surface area (Å²) in [6.07, 6.45) is 1.87. The van der Waals surface area contributed by atoms with Gasteiger partial charge in [0, 0.05) is 12.7 Å². The van der Waals surface area contributed by atoms with E-state index in [1.54, 1.807) is 0 Å². The van der Waals surface area contributed by atoms with Crippen LogP contribution < -0.4 is 4.74 Å². The zero-order valence-electron chi connectivity index (χ0n) is 9.10. The van der Waals surface area contributed by atoms with E-state index in [2.05, 4.69) is 0 Å². The molecule has 0 radical (unpaired) electrons. The molecule has 92 valence electrons. The summed E-state index contributed by atoms with van der Waals surface area (Å²) >= 11 is 0. The van der Waals surface area contributed by atoms with Crippen LogP contribution in [0.5, 0.6) is 5.75 Å². The smallest absolute Gasteiger partial charge is 0.272 e. The molecule has 17 heavy (non-hydrogen) atoms. The molecule has 2 rings (SSSR count). The molecule has 0 N–H and O–H groups in total. The number of hydrogen-bond donors (Lipinski definition) is 0. The lowest BCUT2D eigenvalue weighted by Crippen LogP contribution is -2.16. The predicted molar refractivity (Wildman–Crippen MR) is 57.5 cm³/mol. The molecule has 0 spiro atoms. The van der Waals surface area contributed by atoms with Crippen molar-refractivity contribution in [2.24, 2.45) is 0 Å². The topological polar surface area (TPSA) is 61.6 Å². The Morgan fingerprint density at radius 1 is 1.59 bits per heavy atom. The molecule has 0 amide bonds. The molecule has 6 heteroatoms. The van der Waals surface area contributed by atoms with Gasteiger partial charge in [0.25, 0.3) is 5.69 Å². The second kappa shape index (κ2) is 5.09. The molecule has 0 bridgehead atoms. The van der Waals surface area contributed by atoms with Crippen molar-refractivity contribution in [1.29, 1.82) is 0 Å². The lowest BCUT2D eigenvalue weighted by atomic mass is 10.2. The van der Waals surface area contributed by atoms with Gasteiger partial charge in [0.1, 0.15) is 6.61 Å². The Morgan fingerprint density at radius 2 is 2.41 bits per heavy atom. The third kappa shape index (κ3) is 2.91. The summed E-state index contributed by atoms with van der Waals surface area (Å²) in [5.41, 5.74) is -0.285. The maximum Gasteiger partial charge on any atom is 0.272 e. The fourth-order valence-corrected chi connectivity index (χ4v) is 1.68. The number of nitrogens with zero attached hydrogens (tertiary/aromatic N) is 1. The standard InChI is InChI=1S/C11H12FNO4/c12-10-6-8(13(14)15)3-4-11(10)17-7-9-2-1-5-16-9/h3-4,6,9H,1-2,5,7H2. The first kappa shape index (κ1) is 11.8.